The number of carbonyl (C=O) groups is 1. The first-order chi connectivity index (χ1) is 8.24. The lowest BCUT2D eigenvalue weighted by Crippen LogP contribution is -1.84. The minimum Gasteiger partial charge on any atom is -0.507 e. The first-order valence-electron chi connectivity index (χ1n) is 5.03. The van der Waals surface area contributed by atoms with E-state index in [1.165, 1.54) is 6.07 Å². The first-order valence-corrected chi connectivity index (χ1v) is 5.03. The van der Waals surface area contributed by atoms with Crippen LogP contribution in [0, 0.1) is 11.3 Å². The van der Waals surface area contributed by atoms with Crippen molar-refractivity contribution >= 4 is 6.29 Å². The summed E-state index contributed by atoms with van der Waals surface area (Å²) in [7, 11) is 0. The van der Waals surface area contributed by atoms with E-state index in [0.717, 1.165) is 11.1 Å². The van der Waals surface area contributed by atoms with Gasteiger partial charge in [-0.3, -0.25) is 4.79 Å². The molecule has 0 unspecified atom stereocenters. The summed E-state index contributed by atoms with van der Waals surface area (Å²) in [5.74, 6) is -0.0557. The summed E-state index contributed by atoms with van der Waals surface area (Å²) in [5, 5.41) is 18.4. The molecule has 2 aromatic rings. The maximum atomic E-state index is 10.6. The Morgan fingerprint density at radius 3 is 2.53 bits per heavy atom. The molecule has 2 rings (SSSR count). The molecule has 82 valence electrons. The summed E-state index contributed by atoms with van der Waals surface area (Å²) in [6, 6.07) is 13.9. The molecule has 0 aliphatic carbocycles. The Hall–Kier alpha value is -2.60. The average Bonchev–Trinajstić information content (AvgIpc) is 2.38. The molecule has 0 bridgehead atoms. The van der Waals surface area contributed by atoms with Gasteiger partial charge in [0.1, 0.15) is 5.75 Å². The Bertz CT molecular complexity index is 612. The van der Waals surface area contributed by atoms with E-state index in [-0.39, 0.29) is 11.3 Å². The lowest BCUT2D eigenvalue weighted by Gasteiger charge is -2.04. The van der Waals surface area contributed by atoms with Crippen LogP contribution in [-0.4, -0.2) is 11.4 Å². The van der Waals surface area contributed by atoms with Crippen LogP contribution in [0.1, 0.15) is 15.9 Å². The Morgan fingerprint density at radius 2 is 1.88 bits per heavy atom. The van der Waals surface area contributed by atoms with Gasteiger partial charge in [0.15, 0.2) is 6.29 Å². The van der Waals surface area contributed by atoms with Gasteiger partial charge in [-0.25, -0.2) is 0 Å². The third kappa shape index (κ3) is 2.16. The second-order valence-electron chi connectivity index (χ2n) is 3.58. The molecule has 0 aliphatic heterocycles. The summed E-state index contributed by atoms with van der Waals surface area (Å²) in [4.78, 5) is 10.6. The summed E-state index contributed by atoms with van der Waals surface area (Å²) in [6.45, 7) is 0. The van der Waals surface area contributed by atoms with Crippen molar-refractivity contribution < 1.29 is 9.90 Å². The minimum absolute atomic E-state index is 0.0557. The highest BCUT2D eigenvalue weighted by molar-refractivity contribution is 5.81. The van der Waals surface area contributed by atoms with Crippen LogP contribution in [0.4, 0.5) is 0 Å². The van der Waals surface area contributed by atoms with E-state index in [0.29, 0.717) is 11.8 Å². The van der Waals surface area contributed by atoms with E-state index in [4.69, 9.17) is 5.26 Å². The Balaban J connectivity index is 2.50. The van der Waals surface area contributed by atoms with Crippen molar-refractivity contribution in [3.05, 3.63) is 53.6 Å². The SMILES string of the molecule is N#Cc1cccc(-c2ccc(C=O)c(O)c2)c1. The summed E-state index contributed by atoms with van der Waals surface area (Å²) >= 11 is 0. The van der Waals surface area contributed by atoms with Gasteiger partial charge in [0.05, 0.1) is 17.2 Å². The predicted molar refractivity (Wildman–Crippen MR) is 63.6 cm³/mol. The number of aromatic hydroxyl groups is 1. The van der Waals surface area contributed by atoms with Gasteiger partial charge in [0.25, 0.3) is 0 Å². The summed E-state index contributed by atoms with van der Waals surface area (Å²) in [5.41, 5.74) is 2.41. The fourth-order valence-corrected chi connectivity index (χ4v) is 1.59. The second-order valence-corrected chi connectivity index (χ2v) is 3.58. The molecule has 17 heavy (non-hydrogen) atoms. The molecule has 0 saturated heterocycles. The van der Waals surface area contributed by atoms with Crippen molar-refractivity contribution in [2.24, 2.45) is 0 Å². The van der Waals surface area contributed by atoms with Crippen molar-refractivity contribution in [2.75, 3.05) is 0 Å². The molecular formula is C14H9NO2. The van der Waals surface area contributed by atoms with E-state index in [2.05, 4.69) is 6.07 Å². The molecule has 0 radical (unpaired) electrons. The fraction of sp³-hybridized carbons (Fsp3) is 0. The number of benzene rings is 2. The third-order valence-electron chi connectivity index (χ3n) is 2.48. The number of nitriles is 1. The summed E-state index contributed by atoms with van der Waals surface area (Å²) in [6.07, 6.45) is 0.602. The van der Waals surface area contributed by atoms with Gasteiger partial charge >= 0.3 is 0 Å². The van der Waals surface area contributed by atoms with Gasteiger partial charge in [-0.15, -0.1) is 0 Å². The fourth-order valence-electron chi connectivity index (χ4n) is 1.59. The highest BCUT2D eigenvalue weighted by Crippen LogP contribution is 2.26. The minimum atomic E-state index is -0.0557. The van der Waals surface area contributed by atoms with Crippen LogP contribution in [0.25, 0.3) is 11.1 Å². The zero-order chi connectivity index (χ0) is 12.3. The zero-order valence-corrected chi connectivity index (χ0v) is 8.92. The van der Waals surface area contributed by atoms with Crippen LogP contribution in [0.15, 0.2) is 42.5 Å². The van der Waals surface area contributed by atoms with E-state index in [1.54, 1.807) is 30.3 Å². The van der Waals surface area contributed by atoms with Crippen LogP contribution in [0.5, 0.6) is 5.75 Å². The number of phenolic OH excluding ortho intramolecular Hbond substituents is 1. The van der Waals surface area contributed by atoms with Crippen molar-refractivity contribution in [3.63, 3.8) is 0 Å². The standard InChI is InChI=1S/C14H9NO2/c15-8-10-2-1-3-11(6-10)12-4-5-13(9-16)14(17)7-12/h1-7,9,17H. The van der Waals surface area contributed by atoms with Gasteiger partial charge in [-0.2, -0.15) is 5.26 Å². The second kappa shape index (κ2) is 4.50. The molecule has 0 atom stereocenters. The number of hydrogen-bond donors (Lipinski definition) is 1. The molecule has 0 fully saturated rings. The highest BCUT2D eigenvalue weighted by Gasteiger charge is 2.04. The monoisotopic (exact) mass is 223 g/mol. The Kier molecular flexibility index (Phi) is 2.89. The quantitative estimate of drug-likeness (QED) is 0.796. The normalized spacial score (nSPS) is 9.59. The zero-order valence-electron chi connectivity index (χ0n) is 8.92. The molecule has 3 nitrogen and oxygen atoms in total. The van der Waals surface area contributed by atoms with Gasteiger partial charge < -0.3 is 5.11 Å². The number of phenols is 1. The van der Waals surface area contributed by atoms with E-state index < -0.39 is 0 Å². The molecule has 0 spiro atoms. The van der Waals surface area contributed by atoms with Crippen molar-refractivity contribution in [2.45, 2.75) is 0 Å². The van der Waals surface area contributed by atoms with Crippen LogP contribution in [0.3, 0.4) is 0 Å². The topological polar surface area (TPSA) is 61.1 Å². The van der Waals surface area contributed by atoms with E-state index in [9.17, 15) is 9.90 Å². The van der Waals surface area contributed by atoms with Gasteiger partial charge in [-0.05, 0) is 35.4 Å². The van der Waals surface area contributed by atoms with E-state index >= 15 is 0 Å². The number of hydrogen-bond acceptors (Lipinski definition) is 3. The van der Waals surface area contributed by atoms with Gasteiger partial charge in [-0.1, -0.05) is 18.2 Å². The first kappa shape index (κ1) is 10.9. The van der Waals surface area contributed by atoms with Gasteiger partial charge in [0, 0.05) is 0 Å². The largest absolute Gasteiger partial charge is 0.507 e. The maximum Gasteiger partial charge on any atom is 0.153 e. The number of aldehydes is 1. The Labute approximate surface area is 98.6 Å². The molecule has 0 aromatic heterocycles. The molecule has 3 heteroatoms. The van der Waals surface area contributed by atoms with Gasteiger partial charge in [0.2, 0.25) is 0 Å². The van der Waals surface area contributed by atoms with Crippen molar-refractivity contribution in [1.29, 1.82) is 5.26 Å². The van der Waals surface area contributed by atoms with Crippen LogP contribution < -0.4 is 0 Å². The lowest BCUT2D eigenvalue weighted by molar-refractivity contribution is 0.112. The van der Waals surface area contributed by atoms with Crippen molar-refractivity contribution in [3.8, 4) is 22.9 Å². The van der Waals surface area contributed by atoms with Crippen molar-refractivity contribution in [1.82, 2.24) is 0 Å². The summed E-state index contributed by atoms with van der Waals surface area (Å²) < 4.78 is 0. The number of rotatable bonds is 2. The smallest absolute Gasteiger partial charge is 0.153 e. The Morgan fingerprint density at radius 1 is 1.12 bits per heavy atom. The molecule has 1 N–H and O–H groups in total. The average molecular weight is 223 g/mol. The molecule has 0 amide bonds. The molecule has 0 aliphatic rings. The third-order valence-corrected chi connectivity index (χ3v) is 2.48. The highest BCUT2D eigenvalue weighted by atomic mass is 16.3. The molecule has 0 saturated carbocycles. The number of carbonyl (C=O) groups excluding carboxylic acids is 1. The number of nitrogens with zero attached hydrogens (tertiary/aromatic N) is 1. The van der Waals surface area contributed by atoms with Crippen LogP contribution >= 0.6 is 0 Å². The van der Waals surface area contributed by atoms with Crippen LogP contribution in [-0.2, 0) is 0 Å². The van der Waals surface area contributed by atoms with Crippen LogP contribution in [0.2, 0.25) is 0 Å². The molecule has 2 aromatic carbocycles. The molecular weight excluding hydrogens is 214 g/mol. The predicted octanol–water partition coefficient (Wildman–Crippen LogP) is 2.74. The molecule has 0 heterocycles. The van der Waals surface area contributed by atoms with E-state index in [1.807, 2.05) is 6.07 Å². The lowest BCUT2D eigenvalue weighted by atomic mass is 10.0. The maximum absolute atomic E-state index is 10.6.